The van der Waals surface area contributed by atoms with E-state index in [1.807, 2.05) is 24.3 Å². The first kappa shape index (κ1) is 20.1. The van der Waals surface area contributed by atoms with E-state index in [9.17, 15) is 10.1 Å². The first-order valence-corrected chi connectivity index (χ1v) is 10.6. The summed E-state index contributed by atoms with van der Waals surface area (Å²) in [6, 6.07) is 10.2. The molecule has 0 bridgehead atoms. The highest BCUT2D eigenvalue weighted by Gasteiger charge is 2.27. The molecule has 3 aromatic rings. The van der Waals surface area contributed by atoms with Crippen molar-refractivity contribution < 1.29 is 9.53 Å². The van der Waals surface area contributed by atoms with Gasteiger partial charge in [0.1, 0.15) is 27.2 Å². The fraction of sp³-hybridized carbons (Fsp3) is 0.318. The van der Waals surface area contributed by atoms with Crippen LogP contribution in [0.25, 0.3) is 21.3 Å². The zero-order valence-electron chi connectivity index (χ0n) is 16.9. The van der Waals surface area contributed by atoms with Gasteiger partial charge in [-0.1, -0.05) is 38.1 Å². The smallest absolute Gasteiger partial charge is 0.266 e. The predicted molar refractivity (Wildman–Crippen MR) is 119 cm³/mol. The first-order chi connectivity index (χ1) is 14.4. The van der Waals surface area contributed by atoms with Crippen LogP contribution in [0.2, 0.25) is 0 Å². The number of nitrogen functional groups attached to an aromatic ring is 2. The number of nitrogens with zero attached hydrogens (tertiary/aromatic N) is 3. The number of morpholine rings is 1. The number of carbonyl (C=O) groups is 1. The molecule has 2 aromatic heterocycles. The number of amides is 1. The predicted octanol–water partition coefficient (Wildman–Crippen LogP) is 3.60. The van der Waals surface area contributed by atoms with Gasteiger partial charge in [0.2, 0.25) is 0 Å². The van der Waals surface area contributed by atoms with E-state index in [2.05, 4.69) is 24.9 Å². The fourth-order valence-electron chi connectivity index (χ4n) is 3.68. The molecule has 0 saturated carbocycles. The molecule has 4 rings (SSSR count). The third kappa shape index (κ3) is 3.36. The maximum atomic E-state index is 13.1. The second-order valence-electron chi connectivity index (χ2n) is 7.57. The van der Waals surface area contributed by atoms with Gasteiger partial charge in [-0.2, -0.15) is 5.26 Å². The van der Waals surface area contributed by atoms with E-state index < -0.39 is 0 Å². The number of hydrogen-bond donors (Lipinski definition) is 2. The number of nitrogens with two attached hydrogens (primary N) is 2. The molecule has 3 heterocycles. The normalized spacial score (nSPS) is 14.3. The summed E-state index contributed by atoms with van der Waals surface area (Å²) >= 11 is 1.22. The molecule has 8 heteroatoms. The van der Waals surface area contributed by atoms with Crippen molar-refractivity contribution in [3.8, 4) is 17.2 Å². The molecule has 30 heavy (non-hydrogen) atoms. The summed E-state index contributed by atoms with van der Waals surface area (Å²) in [5, 5.41) is 10.4. The van der Waals surface area contributed by atoms with Crippen molar-refractivity contribution >= 4 is 39.0 Å². The van der Waals surface area contributed by atoms with Crippen molar-refractivity contribution in [2.75, 3.05) is 37.8 Å². The molecule has 0 spiro atoms. The van der Waals surface area contributed by atoms with Gasteiger partial charge in [0, 0.05) is 24.0 Å². The van der Waals surface area contributed by atoms with Crippen LogP contribution in [-0.4, -0.2) is 42.1 Å². The lowest BCUT2D eigenvalue weighted by Crippen LogP contribution is -2.40. The van der Waals surface area contributed by atoms with Crippen LogP contribution in [-0.2, 0) is 4.74 Å². The molecule has 1 amide bonds. The molecular weight excluding hydrogens is 398 g/mol. The Morgan fingerprint density at radius 1 is 1.23 bits per heavy atom. The summed E-state index contributed by atoms with van der Waals surface area (Å²) in [5.74, 6) is 0.387. The zero-order chi connectivity index (χ0) is 21.4. The standard InChI is InChI=1S/C22H23N5O2S/c1-12(2)13-3-5-14(6-4-13)16-15(11-23)20(25)26-21-17(16)18(24)19(30-21)22(28)27-7-9-29-10-8-27/h3-6,12H,7-10,24H2,1-2H3,(H2,25,26). The van der Waals surface area contributed by atoms with Crippen LogP contribution < -0.4 is 11.5 Å². The molecule has 0 aliphatic carbocycles. The Morgan fingerprint density at radius 2 is 1.90 bits per heavy atom. The molecule has 1 fully saturated rings. The van der Waals surface area contributed by atoms with E-state index in [-0.39, 0.29) is 17.3 Å². The Bertz CT molecular complexity index is 1160. The van der Waals surface area contributed by atoms with Crippen molar-refractivity contribution in [2.45, 2.75) is 19.8 Å². The Kier molecular flexibility index (Phi) is 5.33. The SMILES string of the molecule is CC(C)c1ccc(-c2c(C#N)c(N)nc3sc(C(=O)N4CCOCC4)c(N)c23)cc1. The van der Waals surface area contributed by atoms with E-state index in [1.54, 1.807) is 4.90 Å². The Morgan fingerprint density at radius 3 is 2.50 bits per heavy atom. The zero-order valence-corrected chi connectivity index (χ0v) is 17.8. The molecule has 0 unspecified atom stereocenters. The number of benzene rings is 1. The molecule has 7 nitrogen and oxygen atoms in total. The number of nitriles is 1. The summed E-state index contributed by atoms with van der Waals surface area (Å²) in [6.45, 7) is 6.31. The molecular formula is C22H23N5O2S. The van der Waals surface area contributed by atoms with Crippen LogP contribution in [0, 0.1) is 11.3 Å². The highest BCUT2D eigenvalue weighted by molar-refractivity contribution is 7.21. The topological polar surface area (TPSA) is 118 Å². The average Bonchev–Trinajstić information content (AvgIpc) is 3.08. The van der Waals surface area contributed by atoms with Crippen molar-refractivity contribution in [1.82, 2.24) is 9.88 Å². The fourth-order valence-corrected chi connectivity index (χ4v) is 4.76. The minimum Gasteiger partial charge on any atom is -0.397 e. The molecule has 1 aromatic carbocycles. The van der Waals surface area contributed by atoms with E-state index in [0.29, 0.717) is 58.6 Å². The number of aromatic nitrogens is 1. The highest BCUT2D eigenvalue weighted by Crippen LogP contribution is 2.43. The van der Waals surface area contributed by atoms with Crippen LogP contribution in [0.15, 0.2) is 24.3 Å². The van der Waals surface area contributed by atoms with Crippen molar-refractivity contribution in [1.29, 1.82) is 5.26 Å². The van der Waals surface area contributed by atoms with Gasteiger partial charge in [-0.3, -0.25) is 4.79 Å². The number of pyridine rings is 1. The molecule has 1 aliphatic heterocycles. The minimum atomic E-state index is -0.142. The van der Waals surface area contributed by atoms with Crippen LogP contribution in [0.4, 0.5) is 11.5 Å². The molecule has 1 aliphatic rings. The van der Waals surface area contributed by atoms with E-state index in [0.717, 1.165) is 5.56 Å². The third-order valence-corrected chi connectivity index (χ3v) is 6.46. The van der Waals surface area contributed by atoms with Crippen LogP contribution in [0.5, 0.6) is 0 Å². The Balaban J connectivity index is 1.91. The first-order valence-electron chi connectivity index (χ1n) is 9.81. The lowest BCUT2D eigenvalue weighted by atomic mass is 9.94. The number of rotatable bonds is 3. The summed E-state index contributed by atoms with van der Waals surface area (Å²) in [6.07, 6.45) is 0. The number of hydrogen-bond acceptors (Lipinski definition) is 7. The largest absolute Gasteiger partial charge is 0.397 e. The molecule has 1 saturated heterocycles. The third-order valence-electron chi connectivity index (χ3n) is 5.38. The van der Waals surface area contributed by atoms with Gasteiger partial charge >= 0.3 is 0 Å². The van der Waals surface area contributed by atoms with E-state index in [1.165, 1.54) is 16.9 Å². The summed E-state index contributed by atoms with van der Waals surface area (Å²) in [7, 11) is 0. The Hall–Kier alpha value is -3.15. The van der Waals surface area contributed by atoms with Crippen LogP contribution in [0.1, 0.15) is 40.6 Å². The van der Waals surface area contributed by atoms with Gasteiger partial charge in [0.25, 0.3) is 5.91 Å². The molecule has 154 valence electrons. The minimum absolute atomic E-state index is 0.138. The van der Waals surface area contributed by atoms with Gasteiger partial charge in [-0.05, 0) is 17.0 Å². The van der Waals surface area contributed by atoms with Crippen molar-refractivity contribution in [2.24, 2.45) is 0 Å². The molecule has 0 atom stereocenters. The lowest BCUT2D eigenvalue weighted by Gasteiger charge is -2.26. The van der Waals surface area contributed by atoms with Gasteiger partial charge in [-0.15, -0.1) is 11.3 Å². The number of ether oxygens (including phenoxy) is 1. The van der Waals surface area contributed by atoms with Gasteiger partial charge in [0.05, 0.1) is 18.9 Å². The van der Waals surface area contributed by atoms with E-state index in [4.69, 9.17) is 16.2 Å². The lowest BCUT2D eigenvalue weighted by molar-refractivity contribution is 0.0307. The maximum absolute atomic E-state index is 13.1. The van der Waals surface area contributed by atoms with E-state index >= 15 is 0 Å². The summed E-state index contributed by atoms with van der Waals surface area (Å²) in [4.78, 5) is 20.2. The van der Waals surface area contributed by atoms with Gasteiger partial charge in [-0.25, -0.2) is 4.98 Å². The van der Waals surface area contributed by atoms with Crippen LogP contribution in [0.3, 0.4) is 0 Å². The quantitative estimate of drug-likeness (QED) is 0.667. The second-order valence-corrected chi connectivity index (χ2v) is 8.56. The monoisotopic (exact) mass is 421 g/mol. The van der Waals surface area contributed by atoms with Gasteiger partial charge in [0.15, 0.2) is 0 Å². The number of fused-ring (bicyclic) bond motifs is 1. The van der Waals surface area contributed by atoms with Crippen molar-refractivity contribution in [3.63, 3.8) is 0 Å². The molecule has 4 N–H and O–H groups in total. The van der Waals surface area contributed by atoms with Crippen LogP contribution >= 0.6 is 11.3 Å². The Labute approximate surface area is 178 Å². The highest BCUT2D eigenvalue weighted by atomic mass is 32.1. The van der Waals surface area contributed by atoms with Crippen molar-refractivity contribution in [3.05, 3.63) is 40.3 Å². The second kappa shape index (κ2) is 7.94. The summed E-state index contributed by atoms with van der Waals surface area (Å²) < 4.78 is 5.34. The number of carbonyl (C=O) groups excluding carboxylic acids is 1. The van der Waals surface area contributed by atoms with Gasteiger partial charge < -0.3 is 21.1 Å². The summed E-state index contributed by atoms with van der Waals surface area (Å²) in [5.41, 5.74) is 15.9. The molecule has 0 radical (unpaired) electrons. The maximum Gasteiger partial charge on any atom is 0.266 e. The number of anilines is 2. The average molecular weight is 422 g/mol. The number of thiophene rings is 1.